The van der Waals surface area contributed by atoms with Crippen LogP contribution < -0.4 is 0 Å². The van der Waals surface area contributed by atoms with Crippen molar-refractivity contribution in [1.82, 2.24) is 0 Å². The van der Waals surface area contributed by atoms with Crippen LogP contribution in [-0.2, 0) is 5.41 Å². The first-order valence-corrected chi connectivity index (χ1v) is 9.02. The topological polar surface area (TPSA) is 0 Å². The van der Waals surface area contributed by atoms with E-state index in [4.69, 9.17) is 0 Å². The second-order valence-corrected chi connectivity index (χ2v) is 7.66. The summed E-state index contributed by atoms with van der Waals surface area (Å²) in [7, 11) is 0. The molecule has 0 N–H and O–H groups in total. The van der Waals surface area contributed by atoms with Crippen LogP contribution in [0.1, 0.15) is 35.3 Å². The third-order valence-corrected chi connectivity index (χ3v) is 6.26. The molecule has 1 heterocycles. The molecule has 0 aromatic heterocycles. The van der Waals surface area contributed by atoms with Crippen LogP contribution in [0.3, 0.4) is 0 Å². The Morgan fingerprint density at radius 1 is 0.783 bits per heavy atom. The van der Waals surface area contributed by atoms with Crippen LogP contribution in [0.25, 0.3) is 0 Å². The molecule has 0 saturated carbocycles. The first kappa shape index (κ1) is 14.6. The molecule has 0 saturated heterocycles. The summed E-state index contributed by atoms with van der Waals surface area (Å²) in [6.45, 7) is 2.40. The van der Waals surface area contributed by atoms with Gasteiger partial charge in [-0.05, 0) is 29.2 Å². The molecule has 0 fully saturated rings. The van der Waals surface area contributed by atoms with Gasteiger partial charge in [-0.15, -0.1) is 11.8 Å². The quantitative estimate of drug-likeness (QED) is 0.540. The van der Waals surface area contributed by atoms with Crippen LogP contribution in [0.15, 0.2) is 89.8 Å². The summed E-state index contributed by atoms with van der Waals surface area (Å²) in [5, 5.41) is 0.497. The fourth-order valence-corrected chi connectivity index (χ4v) is 5.23. The van der Waals surface area contributed by atoms with Gasteiger partial charge in [-0.2, -0.15) is 0 Å². The molecular formula is C22H20S. The van der Waals surface area contributed by atoms with E-state index >= 15 is 0 Å². The minimum atomic E-state index is 0.0591. The van der Waals surface area contributed by atoms with Crippen molar-refractivity contribution in [2.45, 2.75) is 28.9 Å². The van der Waals surface area contributed by atoms with Gasteiger partial charge in [0.1, 0.15) is 0 Å². The lowest BCUT2D eigenvalue weighted by molar-refractivity contribution is 0.495. The van der Waals surface area contributed by atoms with Crippen molar-refractivity contribution in [3.63, 3.8) is 0 Å². The molecule has 0 amide bonds. The van der Waals surface area contributed by atoms with E-state index in [2.05, 4.69) is 91.9 Å². The molecule has 23 heavy (non-hydrogen) atoms. The van der Waals surface area contributed by atoms with Crippen molar-refractivity contribution < 1.29 is 0 Å². The monoisotopic (exact) mass is 316 g/mol. The summed E-state index contributed by atoms with van der Waals surface area (Å²) >= 11 is 2.01. The number of rotatable bonds is 2. The molecule has 0 spiro atoms. The highest BCUT2D eigenvalue weighted by molar-refractivity contribution is 7.99. The van der Waals surface area contributed by atoms with E-state index in [1.54, 1.807) is 0 Å². The van der Waals surface area contributed by atoms with E-state index in [0.29, 0.717) is 5.25 Å². The fourth-order valence-electron chi connectivity index (χ4n) is 3.63. The van der Waals surface area contributed by atoms with Crippen LogP contribution >= 0.6 is 11.8 Å². The van der Waals surface area contributed by atoms with Crippen LogP contribution in [0, 0.1) is 0 Å². The number of thioether (sulfide) groups is 1. The summed E-state index contributed by atoms with van der Waals surface area (Å²) in [4.78, 5) is 1.42. The Bertz CT molecular complexity index is 794. The van der Waals surface area contributed by atoms with Crippen LogP contribution in [0.4, 0.5) is 0 Å². The van der Waals surface area contributed by atoms with Gasteiger partial charge in [-0.25, -0.2) is 0 Å². The Morgan fingerprint density at radius 2 is 1.39 bits per heavy atom. The van der Waals surface area contributed by atoms with Crippen molar-refractivity contribution in [3.8, 4) is 0 Å². The predicted octanol–water partition coefficient (Wildman–Crippen LogP) is 6.23. The highest BCUT2D eigenvalue weighted by Crippen LogP contribution is 2.54. The lowest BCUT2D eigenvalue weighted by Gasteiger charge is -2.40. The van der Waals surface area contributed by atoms with Crippen LogP contribution in [0.2, 0.25) is 0 Å². The first-order valence-electron chi connectivity index (χ1n) is 8.14. The molecule has 4 rings (SSSR count). The normalized spacial score (nSPS) is 23.3. The predicted molar refractivity (Wildman–Crippen MR) is 99.0 cm³/mol. The Hall–Kier alpha value is -1.99. The number of hydrogen-bond donors (Lipinski definition) is 0. The van der Waals surface area contributed by atoms with Crippen LogP contribution in [0.5, 0.6) is 0 Å². The minimum Gasteiger partial charge on any atom is -0.118 e. The van der Waals surface area contributed by atoms with Crippen molar-refractivity contribution in [1.29, 1.82) is 0 Å². The van der Waals surface area contributed by atoms with Crippen molar-refractivity contribution in [2.75, 3.05) is 0 Å². The van der Waals surface area contributed by atoms with Gasteiger partial charge in [0, 0.05) is 15.6 Å². The first-order chi connectivity index (χ1) is 11.3. The molecule has 0 aliphatic carbocycles. The third-order valence-electron chi connectivity index (χ3n) is 4.93. The van der Waals surface area contributed by atoms with Gasteiger partial charge in [0.25, 0.3) is 0 Å². The Balaban J connectivity index is 1.85. The average molecular weight is 316 g/mol. The molecule has 1 aliphatic heterocycles. The largest absolute Gasteiger partial charge is 0.118 e. The zero-order chi connectivity index (χ0) is 15.7. The van der Waals surface area contributed by atoms with Crippen molar-refractivity contribution >= 4 is 11.8 Å². The van der Waals surface area contributed by atoms with Crippen molar-refractivity contribution in [2.24, 2.45) is 0 Å². The molecule has 0 nitrogen and oxygen atoms in total. The molecule has 1 heteroatoms. The van der Waals surface area contributed by atoms with E-state index < -0.39 is 0 Å². The smallest absolute Gasteiger partial charge is 0.0356 e. The second kappa shape index (κ2) is 5.90. The van der Waals surface area contributed by atoms with Gasteiger partial charge in [0.2, 0.25) is 0 Å². The molecule has 0 radical (unpaired) electrons. The highest BCUT2D eigenvalue weighted by Gasteiger charge is 2.38. The van der Waals surface area contributed by atoms with E-state index in [9.17, 15) is 0 Å². The summed E-state index contributed by atoms with van der Waals surface area (Å²) < 4.78 is 0. The van der Waals surface area contributed by atoms with E-state index in [1.807, 2.05) is 11.8 Å². The van der Waals surface area contributed by atoms with Gasteiger partial charge < -0.3 is 0 Å². The number of benzene rings is 3. The summed E-state index contributed by atoms with van der Waals surface area (Å²) in [5.74, 6) is 0. The fraction of sp³-hybridized carbons (Fsp3) is 0.182. The van der Waals surface area contributed by atoms with Crippen LogP contribution in [-0.4, -0.2) is 0 Å². The standard InChI is InChI=1S/C22H20S/c1-22(18-12-6-3-7-13-18)16-21(17-10-4-2-5-11-17)23-20-15-9-8-14-19(20)22/h2-15,21H,16H2,1H3. The zero-order valence-electron chi connectivity index (χ0n) is 13.3. The van der Waals surface area contributed by atoms with Gasteiger partial charge >= 0.3 is 0 Å². The third kappa shape index (κ3) is 2.60. The molecule has 0 bridgehead atoms. The van der Waals surface area contributed by atoms with E-state index in [-0.39, 0.29) is 5.41 Å². The maximum atomic E-state index is 2.40. The minimum absolute atomic E-state index is 0.0591. The molecule has 3 aromatic rings. The maximum Gasteiger partial charge on any atom is 0.0356 e. The molecule has 2 unspecified atom stereocenters. The lowest BCUT2D eigenvalue weighted by Crippen LogP contribution is -2.29. The van der Waals surface area contributed by atoms with Gasteiger partial charge in [0.15, 0.2) is 0 Å². The summed E-state index contributed by atoms with van der Waals surface area (Å²) in [6.07, 6.45) is 1.13. The highest BCUT2D eigenvalue weighted by atomic mass is 32.2. The summed E-state index contributed by atoms with van der Waals surface area (Å²) in [6, 6.07) is 30.8. The number of hydrogen-bond acceptors (Lipinski definition) is 1. The molecule has 3 aromatic carbocycles. The van der Waals surface area contributed by atoms with Gasteiger partial charge in [-0.1, -0.05) is 85.8 Å². The average Bonchev–Trinajstić information content (AvgIpc) is 2.63. The number of fused-ring (bicyclic) bond motifs is 1. The summed E-state index contributed by atoms with van der Waals surface area (Å²) in [5.41, 5.74) is 4.36. The maximum absolute atomic E-state index is 2.40. The van der Waals surface area contributed by atoms with Crippen molar-refractivity contribution in [3.05, 3.63) is 102 Å². The SMILES string of the molecule is CC1(c2ccccc2)CC(c2ccccc2)Sc2ccccc21. The van der Waals surface area contributed by atoms with E-state index in [1.165, 1.54) is 21.6 Å². The molecule has 114 valence electrons. The molecule has 1 aliphatic rings. The zero-order valence-corrected chi connectivity index (χ0v) is 14.1. The lowest BCUT2D eigenvalue weighted by atomic mass is 9.72. The Morgan fingerprint density at radius 3 is 2.13 bits per heavy atom. The molecular weight excluding hydrogens is 296 g/mol. The Labute approximate surface area is 142 Å². The Kier molecular flexibility index (Phi) is 3.74. The second-order valence-electron chi connectivity index (χ2n) is 6.42. The van der Waals surface area contributed by atoms with E-state index in [0.717, 1.165) is 6.42 Å². The van der Waals surface area contributed by atoms with Gasteiger partial charge in [-0.3, -0.25) is 0 Å². The molecule has 2 atom stereocenters. The van der Waals surface area contributed by atoms with Gasteiger partial charge in [0.05, 0.1) is 0 Å².